The van der Waals surface area contributed by atoms with Gasteiger partial charge in [-0.1, -0.05) is 12.1 Å². The molecule has 1 aromatic carbocycles. The van der Waals surface area contributed by atoms with Crippen molar-refractivity contribution in [1.29, 1.82) is 0 Å². The van der Waals surface area contributed by atoms with Crippen molar-refractivity contribution in [2.75, 3.05) is 44.6 Å². The van der Waals surface area contributed by atoms with Gasteiger partial charge in [-0.3, -0.25) is 9.59 Å². The van der Waals surface area contributed by atoms with Crippen LogP contribution in [-0.4, -0.2) is 57.1 Å². The Balaban J connectivity index is 1.86. The van der Waals surface area contributed by atoms with Crippen molar-refractivity contribution in [2.45, 2.75) is 26.1 Å². The van der Waals surface area contributed by atoms with Crippen molar-refractivity contribution in [3.05, 3.63) is 29.8 Å². The zero-order chi connectivity index (χ0) is 20.0. The fraction of sp³-hybridized carbons (Fsp3) is 0.556. The third-order valence-electron chi connectivity index (χ3n) is 4.87. The first-order valence-electron chi connectivity index (χ1n) is 9.14. The fourth-order valence-electron chi connectivity index (χ4n) is 3.31. The van der Waals surface area contributed by atoms with Gasteiger partial charge in [0.25, 0.3) is 11.8 Å². The first-order chi connectivity index (χ1) is 12.7. The monoisotopic (exact) mass is 388 g/mol. The number of rotatable bonds is 6. The van der Waals surface area contributed by atoms with Crippen LogP contribution >= 0.6 is 0 Å². The van der Waals surface area contributed by atoms with E-state index < -0.39 is 17.6 Å². The van der Waals surface area contributed by atoms with Crippen LogP contribution in [0.25, 0.3) is 0 Å². The molecule has 1 atom stereocenters. The third-order valence-corrected chi connectivity index (χ3v) is 4.87. The lowest BCUT2D eigenvalue weighted by molar-refractivity contribution is -1.01. The average molecular weight is 388 g/mol. The lowest BCUT2D eigenvalue weighted by Crippen LogP contribution is -3.30. The predicted molar refractivity (Wildman–Crippen MR) is 94.5 cm³/mol. The quantitative estimate of drug-likeness (QED) is 0.503. The number of quaternary nitrogens is 2. The van der Waals surface area contributed by atoms with Crippen LogP contribution < -0.4 is 20.4 Å². The molecule has 2 amide bonds. The summed E-state index contributed by atoms with van der Waals surface area (Å²) in [5, 5.41) is 5.19. The molecule has 150 valence electrons. The third kappa shape index (κ3) is 5.93. The molecule has 6 nitrogen and oxygen atoms in total. The van der Waals surface area contributed by atoms with Crippen LogP contribution in [-0.2, 0) is 15.8 Å². The number of carbonyl (C=O) groups is 2. The molecular formula is C18H27F3N4O2+2. The molecule has 0 aromatic heterocycles. The van der Waals surface area contributed by atoms with E-state index in [-0.39, 0.29) is 24.2 Å². The molecule has 0 unspecified atom stereocenters. The topological polar surface area (TPSA) is 67.1 Å². The van der Waals surface area contributed by atoms with E-state index in [0.717, 1.165) is 29.0 Å². The molecule has 1 aliphatic rings. The summed E-state index contributed by atoms with van der Waals surface area (Å²) in [5.41, 5.74) is -1.07. The highest BCUT2D eigenvalue weighted by atomic mass is 19.4. The molecule has 1 heterocycles. The number of hydrogen-bond donors (Lipinski definition) is 4. The Bertz CT molecular complexity index is 658. The highest BCUT2D eigenvalue weighted by molar-refractivity contribution is 5.92. The number of benzene rings is 1. The molecule has 4 N–H and O–H groups in total. The van der Waals surface area contributed by atoms with Crippen LogP contribution in [0.3, 0.4) is 0 Å². The molecule has 0 bridgehead atoms. The second-order valence-electron chi connectivity index (χ2n) is 6.79. The Morgan fingerprint density at radius 2 is 1.78 bits per heavy atom. The molecule has 1 aliphatic heterocycles. The molecule has 0 radical (unpaired) electrons. The average Bonchev–Trinajstić information content (AvgIpc) is 2.61. The Morgan fingerprint density at radius 3 is 2.37 bits per heavy atom. The van der Waals surface area contributed by atoms with Gasteiger partial charge < -0.3 is 20.4 Å². The summed E-state index contributed by atoms with van der Waals surface area (Å²) in [6.45, 7) is 7.30. The Kier molecular flexibility index (Phi) is 7.20. The highest BCUT2D eigenvalue weighted by Gasteiger charge is 2.34. The summed E-state index contributed by atoms with van der Waals surface area (Å²) in [6, 6.07) is 4.81. The minimum atomic E-state index is -4.51. The molecule has 0 spiro atoms. The standard InChI is InChI=1S/C18H25F3N4O2/c1-3-22-17(27)13(2)25-10-8-24(9-11-25)12-16(26)23-15-7-5-4-6-14(15)18(19,20)21/h4-7,13H,3,8-12H2,1-2H3,(H,22,27)(H,23,26)/p+2/t13-/m1/s1. The minimum absolute atomic E-state index is 0.0115. The van der Waals surface area contributed by atoms with E-state index in [2.05, 4.69) is 10.6 Å². The van der Waals surface area contributed by atoms with Gasteiger partial charge in [0.05, 0.1) is 11.3 Å². The van der Waals surface area contributed by atoms with Crippen molar-refractivity contribution in [3.63, 3.8) is 0 Å². The van der Waals surface area contributed by atoms with Gasteiger partial charge in [-0.15, -0.1) is 0 Å². The van der Waals surface area contributed by atoms with Crippen LogP contribution in [0, 0.1) is 0 Å². The number of anilines is 1. The Labute approximate surface area is 156 Å². The first kappa shape index (κ1) is 21.2. The second kappa shape index (κ2) is 9.18. The molecule has 0 saturated carbocycles. The largest absolute Gasteiger partial charge is 0.418 e. The van der Waals surface area contributed by atoms with Gasteiger partial charge >= 0.3 is 6.18 Å². The number of amides is 2. The van der Waals surface area contributed by atoms with Crippen molar-refractivity contribution in [3.8, 4) is 0 Å². The Hall–Kier alpha value is -2.13. The van der Waals surface area contributed by atoms with Crippen molar-refractivity contribution < 1.29 is 32.6 Å². The zero-order valence-corrected chi connectivity index (χ0v) is 15.6. The van der Waals surface area contributed by atoms with E-state index in [1.165, 1.54) is 18.2 Å². The minimum Gasteiger partial charge on any atom is -0.351 e. The molecule has 1 aromatic rings. The van der Waals surface area contributed by atoms with Crippen LogP contribution in [0.1, 0.15) is 19.4 Å². The van der Waals surface area contributed by atoms with E-state index >= 15 is 0 Å². The van der Waals surface area contributed by atoms with E-state index in [0.29, 0.717) is 19.6 Å². The number of nitrogens with one attached hydrogen (secondary N) is 4. The van der Waals surface area contributed by atoms with Gasteiger partial charge in [-0.2, -0.15) is 13.2 Å². The van der Waals surface area contributed by atoms with E-state index in [1.54, 1.807) is 0 Å². The van der Waals surface area contributed by atoms with E-state index in [4.69, 9.17) is 0 Å². The number of likely N-dealkylation sites (N-methyl/N-ethyl adjacent to an activating group) is 1. The predicted octanol–water partition coefficient (Wildman–Crippen LogP) is -1.05. The summed E-state index contributed by atoms with van der Waals surface area (Å²) >= 11 is 0. The number of halogens is 3. The molecule has 1 saturated heterocycles. The number of carbonyl (C=O) groups excluding carboxylic acids is 2. The summed E-state index contributed by atoms with van der Waals surface area (Å²) in [5.74, 6) is -0.431. The van der Waals surface area contributed by atoms with Crippen LogP contribution in [0.4, 0.5) is 18.9 Å². The summed E-state index contributed by atoms with van der Waals surface area (Å²) in [4.78, 5) is 26.3. The zero-order valence-electron chi connectivity index (χ0n) is 15.6. The van der Waals surface area contributed by atoms with Crippen LogP contribution in [0.2, 0.25) is 0 Å². The van der Waals surface area contributed by atoms with E-state index in [9.17, 15) is 22.8 Å². The molecule has 0 aliphatic carbocycles. The van der Waals surface area contributed by atoms with Gasteiger partial charge in [-0.25, -0.2) is 0 Å². The second-order valence-corrected chi connectivity index (χ2v) is 6.79. The number of hydrogen-bond acceptors (Lipinski definition) is 2. The number of piperazine rings is 1. The van der Waals surface area contributed by atoms with E-state index in [1.807, 2.05) is 13.8 Å². The molecule has 27 heavy (non-hydrogen) atoms. The summed E-state index contributed by atoms with van der Waals surface area (Å²) in [7, 11) is 0. The Morgan fingerprint density at radius 1 is 1.15 bits per heavy atom. The lowest BCUT2D eigenvalue weighted by atomic mass is 10.1. The van der Waals surface area contributed by atoms with Gasteiger partial charge in [-0.05, 0) is 26.0 Å². The summed E-state index contributed by atoms with van der Waals surface area (Å²) in [6.07, 6.45) is -4.51. The van der Waals surface area contributed by atoms with Crippen molar-refractivity contribution in [2.24, 2.45) is 0 Å². The fourth-order valence-corrected chi connectivity index (χ4v) is 3.31. The van der Waals surface area contributed by atoms with Crippen LogP contribution in [0.15, 0.2) is 24.3 Å². The maximum absolute atomic E-state index is 13.0. The van der Waals surface area contributed by atoms with Crippen molar-refractivity contribution in [1.82, 2.24) is 5.32 Å². The van der Waals surface area contributed by atoms with Gasteiger partial charge in [0, 0.05) is 6.54 Å². The molecule has 9 heteroatoms. The van der Waals surface area contributed by atoms with Gasteiger partial charge in [0.15, 0.2) is 12.6 Å². The van der Waals surface area contributed by atoms with Crippen molar-refractivity contribution >= 4 is 17.5 Å². The smallest absolute Gasteiger partial charge is 0.351 e. The molecular weight excluding hydrogens is 361 g/mol. The van der Waals surface area contributed by atoms with Crippen LogP contribution in [0.5, 0.6) is 0 Å². The number of alkyl halides is 3. The number of para-hydroxylation sites is 1. The maximum atomic E-state index is 13.0. The highest BCUT2D eigenvalue weighted by Crippen LogP contribution is 2.34. The first-order valence-corrected chi connectivity index (χ1v) is 9.14. The molecule has 2 rings (SSSR count). The summed E-state index contributed by atoms with van der Waals surface area (Å²) < 4.78 is 39.0. The normalized spacial score (nSPS) is 21.4. The maximum Gasteiger partial charge on any atom is 0.418 e. The molecule has 1 fully saturated rings. The van der Waals surface area contributed by atoms with Gasteiger partial charge in [0.2, 0.25) is 0 Å². The van der Waals surface area contributed by atoms with Gasteiger partial charge in [0.1, 0.15) is 26.2 Å². The SMILES string of the molecule is CCNC(=O)[C@@H](C)[NH+]1CC[NH+](CC(=O)Nc2ccccc2C(F)(F)F)CC1. The lowest BCUT2D eigenvalue weighted by Gasteiger charge is -2.32.